The van der Waals surface area contributed by atoms with Gasteiger partial charge in [-0.05, 0) is 26.7 Å². The molecule has 0 bridgehead atoms. The van der Waals surface area contributed by atoms with Gasteiger partial charge < -0.3 is 9.47 Å². The molecule has 3 nitrogen and oxygen atoms in total. The molecule has 0 aromatic rings. The Hall–Kier alpha value is -0.570. The fourth-order valence-electron chi connectivity index (χ4n) is 2.42. The van der Waals surface area contributed by atoms with E-state index in [9.17, 15) is 4.79 Å². The standard InChI is InChI=1S/C13H24O3/c1-5-8-9-10-12(4)13(6-2,16-12)11(14)15-7-3/h5-10H2,1-4H3. The van der Waals surface area contributed by atoms with E-state index in [4.69, 9.17) is 9.47 Å². The summed E-state index contributed by atoms with van der Waals surface area (Å²) in [5.74, 6) is -0.184. The van der Waals surface area contributed by atoms with Crippen LogP contribution in [-0.4, -0.2) is 23.8 Å². The minimum atomic E-state index is -0.656. The van der Waals surface area contributed by atoms with E-state index >= 15 is 0 Å². The van der Waals surface area contributed by atoms with Crippen LogP contribution in [0.2, 0.25) is 0 Å². The monoisotopic (exact) mass is 228 g/mol. The van der Waals surface area contributed by atoms with Crippen LogP contribution in [0.4, 0.5) is 0 Å². The average Bonchev–Trinajstić information content (AvgIpc) is 2.87. The van der Waals surface area contributed by atoms with Crippen LogP contribution >= 0.6 is 0 Å². The predicted molar refractivity (Wildman–Crippen MR) is 63.3 cm³/mol. The van der Waals surface area contributed by atoms with Gasteiger partial charge in [0, 0.05) is 0 Å². The Kier molecular flexibility index (Phi) is 4.36. The van der Waals surface area contributed by atoms with Crippen LogP contribution in [0.15, 0.2) is 0 Å². The number of epoxide rings is 1. The molecule has 2 unspecified atom stereocenters. The third-order valence-electron chi connectivity index (χ3n) is 3.57. The second-order valence-electron chi connectivity index (χ2n) is 4.69. The maximum absolute atomic E-state index is 11.9. The number of rotatable bonds is 7. The van der Waals surface area contributed by atoms with Crippen molar-refractivity contribution in [3.05, 3.63) is 0 Å². The van der Waals surface area contributed by atoms with Crippen molar-refractivity contribution in [3.63, 3.8) is 0 Å². The molecule has 0 aromatic carbocycles. The first kappa shape index (κ1) is 13.5. The lowest BCUT2D eigenvalue weighted by molar-refractivity contribution is -0.149. The van der Waals surface area contributed by atoms with E-state index in [1.165, 1.54) is 12.8 Å². The maximum atomic E-state index is 11.9. The molecule has 1 fully saturated rings. The Morgan fingerprint density at radius 2 is 1.94 bits per heavy atom. The third-order valence-corrected chi connectivity index (χ3v) is 3.57. The molecule has 0 saturated carbocycles. The largest absolute Gasteiger partial charge is 0.464 e. The molecule has 2 atom stereocenters. The van der Waals surface area contributed by atoms with Gasteiger partial charge in [-0.25, -0.2) is 4.79 Å². The number of carbonyl (C=O) groups excluding carboxylic acids is 1. The zero-order chi connectivity index (χ0) is 12.2. The zero-order valence-electron chi connectivity index (χ0n) is 11.0. The molecule has 0 radical (unpaired) electrons. The minimum Gasteiger partial charge on any atom is -0.464 e. The van der Waals surface area contributed by atoms with E-state index in [1.54, 1.807) is 0 Å². The van der Waals surface area contributed by atoms with Crippen LogP contribution in [0.25, 0.3) is 0 Å². The summed E-state index contributed by atoms with van der Waals surface area (Å²) in [6.45, 7) is 8.45. The number of ether oxygens (including phenoxy) is 2. The number of esters is 1. The van der Waals surface area contributed by atoms with Gasteiger partial charge in [0.05, 0.1) is 6.61 Å². The second-order valence-corrected chi connectivity index (χ2v) is 4.69. The maximum Gasteiger partial charge on any atom is 0.341 e. The molecule has 1 aliphatic rings. The van der Waals surface area contributed by atoms with Crippen molar-refractivity contribution in [2.24, 2.45) is 0 Å². The highest BCUT2D eigenvalue weighted by Gasteiger charge is 2.71. The molecule has 0 amide bonds. The highest BCUT2D eigenvalue weighted by atomic mass is 16.7. The molecular formula is C13H24O3. The summed E-state index contributed by atoms with van der Waals surface area (Å²) in [6.07, 6.45) is 5.16. The summed E-state index contributed by atoms with van der Waals surface area (Å²) >= 11 is 0. The van der Waals surface area contributed by atoms with Crippen molar-refractivity contribution in [3.8, 4) is 0 Å². The molecule has 16 heavy (non-hydrogen) atoms. The summed E-state index contributed by atoms with van der Waals surface area (Å²) in [5, 5.41) is 0. The molecule has 0 N–H and O–H groups in total. The van der Waals surface area contributed by atoms with Crippen molar-refractivity contribution in [2.75, 3.05) is 6.61 Å². The van der Waals surface area contributed by atoms with Gasteiger partial charge in [0.25, 0.3) is 0 Å². The lowest BCUT2D eigenvalue weighted by atomic mass is 9.87. The topological polar surface area (TPSA) is 38.8 Å². The Labute approximate surface area is 98.5 Å². The quantitative estimate of drug-likeness (QED) is 0.382. The summed E-state index contributed by atoms with van der Waals surface area (Å²) in [6, 6.07) is 0. The van der Waals surface area contributed by atoms with Gasteiger partial charge in [0.15, 0.2) is 5.60 Å². The molecule has 1 rings (SSSR count). The molecule has 0 spiro atoms. The molecular weight excluding hydrogens is 204 g/mol. The Balaban J connectivity index is 2.55. The van der Waals surface area contributed by atoms with E-state index in [-0.39, 0.29) is 11.6 Å². The number of hydrogen-bond donors (Lipinski definition) is 0. The van der Waals surface area contributed by atoms with Gasteiger partial charge in [-0.15, -0.1) is 0 Å². The first-order valence-electron chi connectivity index (χ1n) is 6.43. The van der Waals surface area contributed by atoms with Crippen LogP contribution in [-0.2, 0) is 14.3 Å². The van der Waals surface area contributed by atoms with E-state index in [0.717, 1.165) is 12.8 Å². The number of carbonyl (C=O) groups is 1. The van der Waals surface area contributed by atoms with Crippen LogP contribution in [0.5, 0.6) is 0 Å². The summed E-state index contributed by atoms with van der Waals surface area (Å²) < 4.78 is 10.8. The highest BCUT2D eigenvalue weighted by Crippen LogP contribution is 2.54. The fraction of sp³-hybridized carbons (Fsp3) is 0.923. The SMILES string of the molecule is CCCCCC1(C)OC1(CC)C(=O)OCC. The molecule has 3 heteroatoms. The molecule has 94 valence electrons. The van der Waals surface area contributed by atoms with Crippen molar-refractivity contribution in [1.82, 2.24) is 0 Å². The van der Waals surface area contributed by atoms with Crippen molar-refractivity contribution in [2.45, 2.75) is 71.0 Å². The van der Waals surface area contributed by atoms with Crippen LogP contribution in [0.1, 0.15) is 59.8 Å². The first-order chi connectivity index (χ1) is 7.56. The lowest BCUT2D eigenvalue weighted by Crippen LogP contribution is -2.33. The van der Waals surface area contributed by atoms with Crippen LogP contribution in [0.3, 0.4) is 0 Å². The van der Waals surface area contributed by atoms with Gasteiger partial charge in [-0.2, -0.15) is 0 Å². The van der Waals surface area contributed by atoms with Gasteiger partial charge in [-0.1, -0.05) is 33.1 Å². The highest BCUT2D eigenvalue weighted by molar-refractivity contribution is 5.84. The Bertz CT molecular complexity index is 252. The Morgan fingerprint density at radius 1 is 1.25 bits per heavy atom. The molecule has 0 aliphatic carbocycles. The molecule has 0 aromatic heterocycles. The Morgan fingerprint density at radius 3 is 2.44 bits per heavy atom. The zero-order valence-corrected chi connectivity index (χ0v) is 11.0. The van der Waals surface area contributed by atoms with Crippen LogP contribution in [0, 0.1) is 0 Å². The van der Waals surface area contributed by atoms with E-state index in [2.05, 4.69) is 6.92 Å². The van der Waals surface area contributed by atoms with E-state index in [1.807, 2.05) is 20.8 Å². The smallest absolute Gasteiger partial charge is 0.341 e. The van der Waals surface area contributed by atoms with Gasteiger partial charge in [0.2, 0.25) is 0 Å². The predicted octanol–water partition coefficient (Wildman–Crippen LogP) is 3.07. The van der Waals surface area contributed by atoms with Gasteiger partial charge in [0.1, 0.15) is 5.60 Å². The first-order valence-corrected chi connectivity index (χ1v) is 6.43. The van der Waals surface area contributed by atoms with Crippen molar-refractivity contribution in [1.29, 1.82) is 0 Å². The summed E-state index contributed by atoms with van der Waals surface area (Å²) in [4.78, 5) is 11.9. The summed E-state index contributed by atoms with van der Waals surface area (Å²) in [5.41, 5.74) is -0.945. The van der Waals surface area contributed by atoms with Gasteiger partial charge in [-0.3, -0.25) is 0 Å². The van der Waals surface area contributed by atoms with E-state index < -0.39 is 5.60 Å². The minimum absolute atomic E-state index is 0.184. The summed E-state index contributed by atoms with van der Waals surface area (Å²) in [7, 11) is 0. The van der Waals surface area contributed by atoms with E-state index in [0.29, 0.717) is 13.0 Å². The van der Waals surface area contributed by atoms with Crippen molar-refractivity contribution < 1.29 is 14.3 Å². The third kappa shape index (κ3) is 2.24. The van der Waals surface area contributed by atoms with Crippen LogP contribution < -0.4 is 0 Å². The molecule has 1 heterocycles. The fourth-order valence-corrected chi connectivity index (χ4v) is 2.42. The second kappa shape index (κ2) is 5.17. The lowest BCUT2D eigenvalue weighted by Gasteiger charge is -2.13. The number of unbranched alkanes of at least 4 members (excludes halogenated alkanes) is 2. The number of hydrogen-bond acceptors (Lipinski definition) is 3. The average molecular weight is 228 g/mol. The molecule has 1 saturated heterocycles. The molecule has 1 aliphatic heterocycles. The van der Waals surface area contributed by atoms with Gasteiger partial charge >= 0.3 is 5.97 Å². The van der Waals surface area contributed by atoms with Crippen molar-refractivity contribution >= 4 is 5.97 Å². The normalized spacial score (nSPS) is 32.5.